The first-order valence-electron chi connectivity index (χ1n) is 4.78. The van der Waals surface area contributed by atoms with Crippen molar-refractivity contribution in [2.45, 2.75) is 25.9 Å². The summed E-state index contributed by atoms with van der Waals surface area (Å²) in [6.07, 6.45) is 1.14. The van der Waals surface area contributed by atoms with E-state index in [0.717, 1.165) is 6.42 Å². The van der Waals surface area contributed by atoms with Gasteiger partial charge in [0.25, 0.3) is 0 Å². The Morgan fingerprint density at radius 3 is 2.93 bits per heavy atom. The van der Waals surface area contributed by atoms with Crippen LogP contribution in [0.4, 0.5) is 4.39 Å². The average molecular weight is 198 g/mol. The van der Waals surface area contributed by atoms with Crippen molar-refractivity contribution in [1.82, 2.24) is 0 Å². The van der Waals surface area contributed by atoms with Crippen molar-refractivity contribution in [3.8, 4) is 5.75 Å². The Hall–Kier alpha value is -1.09. The summed E-state index contributed by atoms with van der Waals surface area (Å²) in [4.78, 5) is 0. The smallest absolute Gasteiger partial charge is 0.126 e. The summed E-state index contributed by atoms with van der Waals surface area (Å²) in [5.74, 6) is 0.132. The van der Waals surface area contributed by atoms with Crippen molar-refractivity contribution in [1.29, 1.82) is 0 Å². The molecule has 0 saturated heterocycles. The van der Waals surface area contributed by atoms with Gasteiger partial charge in [0.2, 0.25) is 0 Å². The van der Waals surface area contributed by atoms with E-state index in [1.807, 2.05) is 6.92 Å². The first-order chi connectivity index (χ1) is 6.72. The molecule has 78 valence electrons. The minimum Gasteiger partial charge on any atom is -0.491 e. The zero-order valence-corrected chi connectivity index (χ0v) is 8.24. The maximum absolute atomic E-state index is 12.7. The Morgan fingerprint density at radius 2 is 2.29 bits per heavy atom. The normalized spacial score (nSPS) is 12.5. The lowest BCUT2D eigenvalue weighted by Crippen LogP contribution is -2.16. The van der Waals surface area contributed by atoms with Crippen molar-refractivity contribution < 1.29 is 14.2 Å². The van der Waals surface area contributed by atoms with Gasteiger partial charge in [-0.2, -0.15) is 0 Å². The molecule has 0 saturated carbocycles. The van der Waals surface area contributed by atoms with Gasteiger partial charge < -0.3 is 9.84 Å². The molecule has 1 N–H and O–H groups in total. The van der Waals surface area contributed by atoms with Gasteiger partial charge in [-0.1, -0.05) is 19.4 Å². The number of rotatable bonds is 5. The second kappa shape index (κ2) is 5.60. The lowest BCUT2D eigenvalue weighted by molar-refractivity contribution is 0.0992. The van der Waals surface area contributed by atoms with Gasteiger partial charge in [0.05, 0.1) is 6.10 Å². The summed E-state index contributed by atoms with van der Waals surface area (Å²) in [7, 11) is 0. The number of hydrogen-bond donors (Lipinski definition) is 1. The van der Waals surface area contributed by atoms with Crippen LogP contribution in [0.25, 0.3) is 0 Å². The van der Waals surface area contributed by atoms with Crippen molar-refractivity contribution in [2.75, 3.05) is 6.61 Å². The number of aliphatic hydroxyl groups is 1. The minimum absolute atomic E-state index is 0.220. The van der Waals surface area contributed by atoms with Crippen molar-refractivity contribution in [2.24, 2.45) is 0 Å². The van der Waals surface area contributed by atoms with E-state index in [9.17, 15) is 9.50 Å². The minimum atomic E-state index is -0.469. The quantitative estimate of drug-likeness (QED) is 0.787. The Bertz CT molecular complexity index is 276. The molecule has 1 unspecified atom stereocenters. The van der Waals surface area contributed by atoms with Gasteiger partial charge in [0.1, 0.15) is 18.2 Å². The molecule has 0 fully saturated rings. The summed E-state index contributed by atoms with van der Waals surface area (Å²) >= 11 is 0. The standard InChI is InChI=1S/C11H15FO2/c1-2-4-10(13)8-14-11-6-3-5-9(12)7-11/h3,5-7,10,13H,2,4,8H2,1H3. The summed E-state index contributed by atoms with van der Waals surface area (Å²) in [6.45, 7) is 2.21. The van der Waals surface area contributed by atoms with E-state index in [0.29, 0.717) is 12.2 Å². The molecule has 0 heterocycles. The summed E-state index contributed by atoms with van der Waals surface area (Å²) in [5, 5.41) is 9.36. The van der Waals surface area contributed by atoms with Crippen LogP contribution < -0.4 is 4.74 Å². The number of halogens is 1. The predicted octanol–water partition coefficient (Wildman–Crippen LogP) is 2.37. The van der Waals surface area contributed by atoms with Gasteiger partial charge in [-0.3, -0.25) is 0 Å². The van der Waals surface area contributed by atoms with Crippen LogP contribution in [0.3, 0.4) is 0 Å². The van der Waals surface area contributed by atoms with E-state index in [-0.39, 0.29) is 12.4 Å². The molecule has 3 heteroatoms. The van der Waals surface area contributed by atoms with E-state index in [1.54, 1.807) is 12.1 Å². The van der Waals surface area contributed by atoms with Crippen molar-refractivity contribution >= 4 is 0 Å². The molecule has 0 aliphatic rings. The van der Waals surface area contributed by atoms with Gasteiger partial charge in [-0.15, -0.1) is 0 Å². The Kier molecular flexibility index (Phi) is 4.40. The maximum Gasteiger partial charge on any atom is 0.126 e. The van der Waals surface area contributed by atoms with Crippen LogP contribution in [0.15, 0.2) is 24.3 Å². The maximum atomic E-state index is 12.7. The molecule has 0 radical (unpaired) electrons. The third kappa shape index (κ3) is 3.75. The molecule has 0 aromatic heterocycles. The molecule has 1 rings (SSSR count). The van der Waals surface area contributed by atoms with Gasteiger partial charge >= 0.3 is 0 Å². The molecule has 1 aromatic carbocycles. The fraction of sp³-hybridized carbons (Fsp3) is 0.455. The molecule has 0 aliphatic carbocycles. The first kappa shape index (κ1) is 11.0. The van der Waals surface area contributed by atoms with Crippen LogP contribution in [-0.4, -0.2) is 17.8 Å². The molecule has 2 nitrogen and oxygen atoms in total. The Morgan fingerprint density at radius 1 is 1.50 bits per heavy atom. The molecular weight excluding hydrogens is 183 g/mol. The van der Waals surface area contributed by atoms with Crippen molar-refractivity contribution in [3.63, 3.8) is 0 Å². The van der Waals surface area contributed by atoms with Crippen LogP contribution in [0.2, 0.25) is 0 Å². The first-order valence-corrected chi connectivity index (χ1v) is 4.78. The van der Waals surface area contributed by atoms with Gasteiger partial charge in [0.15, 0.2) is 0 Å². The monoisotopic (exact) mass is 198 g/mol. The summed E-state index contributed by atoms with van der Waals surface area (Å²) in [5.41, 5.74) is 0. The molecule has 0 spiro atoms. The van der Waals surface area contributed by atoms with Crippen LogP contribution in [-0.2, 0) is 0 Å². The SMILES string of the molecule is CCCC(O)COc1cccc(F)c1. The molecule has 14 heavy (non-hydrogen) atoms. The average Bonchev–Trinajstić information content (AvgIpc) is 2.15. The number of benzene rings is 1. The van der Waals surface area contributed by atoms with Crippen LogP contribution in [0.1, 0.15) is 19.8 Å². The zero-order valence-electron chi connectivity index (χ0n) is 8.24. The highest BCUT2D eigenvalue weighted by molar-refractivity contribution is 5.22. The van der Waals surface area contributed by atoms with E-state index < -0.39 is 6.10 Å². The summed E-state index contributed by atoms with van der Waals surface area (Å²) in [6, 6.07) is 5.91. The summed E-state index contributed by atoms with van der Waals surface area (Å²) < 4.78 is 17.9. The fourth-order valence-corrected chi connectivity index (χ4v) is 1.17. The van der Waals surface area contributed by atoms with Gasteiger partial charge in [0, 0.05) is 6.07 Å². The molecule has 0 aliphatic heterocycles. The highest BCUT2D eigenvalue weighted by Gasteiger charge is 2.03. The second-order valence-electron chi connectivity index (χ2n) is 3.21. The largest absolute Gasteiger partial charge is 0.491 e. The Labute approximate surface area is 83.3 Å². The highest BCUT2D eigenvalue weighted by atomic mass is 19.1. The van der Waals surface area contributed by atoms with Crippen LogP contribution >= 0.6 is 0 Å². The van der Waals surface area contributed by atoms with Crippen LogP contribution in [0.5, 0.6) is 5.75 Å². The van der Waals surface area contributed by atoms with Gasteiger partial charge in [-0.05, 0) is 18.6 Å². The van der Waals surface area contributed by atoms with Crippen molar-refractivity contribution in [3.05, 3.63) is 30.1 Å². The lowest BCUT2D eigenvalue weighted by Gasteiger charge is -2.10. The number of aliphatic hydroxyl groups excluding tert-OH is 1. The zero-order chi connectivity index (χ0) is 10.4. The van der Waals surface area contributed by atoms with E-state index in [1.165, 1.54) is 12.1 Å². The molecular formula is C11H15FO2. The predicted molar refractivity (Wildman–Crippen MR) is 52.8 cm³/mol. The lowest BCUT2D eigenvalue weighted by atomic mass is 10.2. The molecule has 1 aromatic rings. The molecule has 0 amide bonds. The van der Waals surface area contributed by atoms with E-state index in [2.05, 4.69) is 0 Å². The topological polar surface area (TPSA) is 29.5 Å². The number of ether oxygens (including phenoxy) is 1. The van der Waals surface area contributed by atoms with E-state index >= 15 is 0 Å². The number of hydrogen-bond acceptors (Lipinski definition) is 2. The highest BCUT2D eigenvalue weighted by Crippen LogP contribution is 2.12. The second-order valence-corrected chi connectivity index (χ2v) is 3.21. The fourth-order valence-electron chi connectivity index (χ4n) is 1.17. The molecule has 1 atom stereocenters. The van der Waals surface area contributed by atoms with Crippen LogP contribution in [0, 0.1) is 5.82 Å². The Balaban J connectivity index is 2.37. The van der Waals surface area contributed by atoms with Gasteiger partial charge in [-0.25, -0.2) is 4.39 Å². The third-order valence-corrected chi connectivity index (χ3v) is 1.86. The van der Waals surface area contributed by atoms with E-state index in [4.69, 9.17) is 4.74 Å². The molecule has 0 bridgehead atoms. The third-order valence-electron chi connectivity index (χ3n) is 1.86.